The van der Waals surface area contributed by atoms with E-state index in [0.29, 0.717) is 0 Å². The van der Waals surface area contributed by atoms with Gasteiger partial charge in [0.1, 0.15) is 5.03 Å². The second kappa shape index (κ2) is 4.36. The highest BCUT2D eigenvalue weighted by Gasteiger charge is 1.99. The highest BCUT2D eigenvalue weighted by Crippen LogP contribution is 2.27. The zero-order valence-corrected chi connectivity index (χ0v) is 9.29. The summed E-state index contributed by atoms with van der Waals surface area (Å²) < 4.78 is 0. The number of hydrogen-bond acceptors (Lipinski definition) is 3. The summed E-state index contributed by atoms with van der Waals surface area (Å²) in [5.74, 6) is 0. The Morgan fingerprint density at radius 3 is 2.73 bits per heavy atom. The first-order valence-corrected chi connectivity index (χ1v) is 5.52. The van der Waals surface area contributed by atoms with Crippen LogP contribution in [0.15, 0.2) is 52.5 Å². The number of aromatic nitrogens is 1. The Morgan fingerprint density at radius 1 is 1.20 bits per heavy atom. The van der Waals surface area contributed by atoms with E-state index >= 15 is 0 Å². The lowest BCUT2D eigenvalue weighted by molar-refractivity contribution is 1.13. The molecule has 3 heteroatoms. The van der Waals surface area contributed by atoms with Crippen LogP contribution in [0, 0.1) is 6.92 Å². The predicted molar refractivity (Wildman–Crippen MR) is 64.0 cm³/mol. The molecule has 15 heavy (non-hydrogen) atoms. The molecule has 0 radical (unpaired) electrons. The summed E-state index contributed by atoms with van der Waals surface area (Å²) in [4.78, 5) is 5.42. The molecule has 0 fully saturated rings. The smallest absolute Gasteiger partial charge is 0.101 e. The van der Waals surface area contributed by atoms with Crippen molar-refractivity contribution in [3.05, 3.63) is 48.2 Å². The van der Waals surface area contributed by atoms with Gasteiger partial charge in [0.2, 0.25) is 0 Å². The molecule has 0 unspecified atom stereocenters. The largest absolute Gasteiger partial charge is 0.399 e. The summed E-state index contributed by atoms with van der Waals surface area (Å²) in [5.41, 5.74) is 7.70. The number of nitrogens with two attached hydrogens (primary N) is 1. The maximum Gasteiger partial charge on any atom is 0.101 e. The van der Waals surface area contributed by atoms with E-state index in [1.54, 1.807) is 18.0 Å². The van der Waals surface area contributed by atoms with Crippen molar-refractivity contribution in [1.82, 2.24) is 4.98 Å². The van der Waals surface area contributed by atoms with Gasteiger partial charge in [0, 0.05) is 16.8 Å². The van der Waals surface area contributed by atoms with Gasteiger partial charge in [0.15, 0.2) is 0 Å². The summed E-state index contributed by atoms with van der Waals surface area (Å²) in [7, 11) is 0. The molecule has 0 saturated heterocycles. The SMILES string of the molecule is Cc1cc(Sc2ccccn2)ccc1N. The fourth-order valence-corrected chi connectivity index (χ4v) is 2.11. The topological polar surface area (TPSA) is 38.9 Å². The van der Waals surface area contributed by atoms with Crippen molar-refractivity contribution < 1.29 is 0 Å². The van der Waals surface area contributed by atoms with Gasteiger partial charge in [-0.2, -0.15) is 0 Å². The van der Waals surface area contributed by atoms with Crippen LogP contribution in [-0.2, 0) is 0 Å². The molecule has 2 aromatic rings. The van der Waals surface area contributed by atoms with Gasteiger partial charge in [-0.15, -0.1) is 0 Å². The van der Waals surface area contributed by atoms with E-state index in [0.717, 1.165) is 16.3 Å². The van der Waals surface area contributed by atoms with Gasteiger partial charge in [-0.3, -0.25) is 0 Å². The van der Waals surface area contributed by atoms with Crippen molar-refractivity contribution in [1.29, 1.82) is 0 Å². The third kappa shape index (κ3) is 2.50. The first kappa shape index (κ1) is 10.1. The molecule has 2 N–H and O–H groups in total. The standard InChI is InChI=1S/C12H12N2S/c1-9-8-10(5-6-11(9)13)15-12-4-2-3-7-14-12/h2-8H,13H2,1H3. The van der Waals surface area contributed by atoms with E-state index in [1.807, 2.05) is 37.3 Å². The minimum Gasteiger partial charge on any atom is -0.399 e. The highest BCUT2D eigenvalue weighted by atomic mass is 32.2. The Labute approximate surface area is 93.5 Å². The number of rotatable bonds is 2. The average molecular weight is 216 g/mol. The Hall–Kier alpha value is -1.48. The van der Waals surface area contributed by atoms with E-state index in [2.05, 4.69) is 11.1 Å². The Morgan fingerprint density at radius 2 is 2.07 bits per heavy atom. The molecule has 0 aliphatic heterocycles. The average Bonchev–Trinajstić information content (AvgIpc) is 2.25. The Bertz CT molecular complexity index is 454. The van der Waals surface area contributed by atoms with Crippen LogP contribution in [0.5, 0.6) is 0 Å². The number of hydrogen-bond donors (Lipinski definition) is 1. The van der Waals surface area contributed by atoms with Crippen molar-refractivity contribution in [2.45, 2.75) is 16.8 Å². The Kier molecular flexibility index (Phi) is 2.92. The minimum absolute atomic E-state index is 0.834. The van der Waals surface area contributed by atoms with Crippen molar-refractivity contribution in [3.8, 4) is 0 Å². The van der Waals surface area contributed by atoms with Gasteiger partial charge in [-0.1, -0.05) is 17.8 Å². The first-order chi connectivity index (χ1) is 7.25. The van der Waals surface area contributed by atoms with Crippen molar-refractivity contribution >= 4 is 17.4 Å². The minimum atomic E-state index is 0.834. The number of pyridine rings is 1. The zero-order chi connectivity index (χ0) is 10.7. The quantitative estimate of drug-likeness (QED) is 0.784. The number of anilines is 1. The first-order valence-electron chi connectivity index (χ1n) is 4.71. The third-order valence-electron chi connectivity index (χ3n) is 2.10. The molecular formula is C12H12N2S. The van der Waals surface area contributed by atoms with E-state index in [9.17, 15) is 0 Å². The molecule has 76 valence electrons. The molecule has 0 spiro atoms. The zero-order valence-electron chi connectivity index (χ0n) is 8.47. The second-order valence-electron chi connectivity index (χ2n) is 3.29. The lowest BCUT2D eigenvalue weighted by atomic mass is 10.2. The monoisotopic (exact) mass is 216 g/mol. The van der Waals surface area contributed by atoms with Crippen LogP contribution in [0.1, 0.15) is 5.56 Å². The maximum atomic E-state index is 5.76. The second-order valence-corrected chi connectivity index (χ2v) is 4.38. The summed E-state index contributed by atoms with van der Waals surface area (Å²) in [6.45, 7) is 2.01. The molecule has 2 nitrogen and oxygen atoms in total. The van der Waals surface area contributed by atoms with E-state index in [1.165, 1.54) is 4.90 Å². The molecule has 1 heterocycles. The van der Waals surface area contributed by atoms with Crippen molar-refractivity contribution in [2.24, 2.45) is 0 Å². The molecule has 0 bridgehead atoms. The molecular weight excluding hydrogens is 204 g/mol. The number of nitrogen functional groups attached to an aromatic ring is 1. The van der Waals surface area contributed by atoms with E-state index in [-0.39, 0.29) is 0 Å². The number of aryl methyl sites for hydroxylation is 1. The number of nitrogens with zero attached hydrogens (tertiary/aromatic N) is 1. The molecule has 0 aliphatic rings. The molecule has 0 amide bonds. The lowest BCUT2D eigenvalue weighted by Crippen LogP contribution is -1.88. The fourth-order valence-electron chi connectivity index (χ4n) is 1.24. The summed E-state index contributed by atoms with van der Waals surface area (Å²) in [5, 5.41) is 1.00. The van der Waals surface area contributed by atoms with Crippen LogP contribution in [0.25, 0.3) is 0 Å². The molecule has 0 atom stereocenters. The van der Waals surface area contributed by atoms with Crippen LogP contribution in [0.4, 0.5) is 5.69 Å². The Balaban J connectivity index is 2.22. The number of benzene rings is 1. The maximum absolute atomic E-state index is 5.76. The van der Waals surface area contributed by atoms with Gasteiger partial charge in [-0.05, 0) is 42.8 Å². The molecule has 0 saturated carbocycles. The summed E-state index contributed by atoms with van der Waals surface area (Å²) in [6, 6.07) is 11.9. The van der Waals surface area contributed by atoms with Crippen LogP contribution < -0.4 is 5.73 Å². The van der Waals surface area contributed by atoms with Gasteiger partial charge in [0.25, 0.3) is 0 Å². The van der Waals surface area contributed by atoms with E-state index < -0.39 is 0 Å². The van der Waals surface area contributed by atoms with Crippen LogP contribution in [0.2, 0.25) is 0 Å². The third-order valence-corrected chi connectivity index (χ3v) is 3.04. The van der Waals surface area contributed by atoms with Gasteiger partial charge in [-0.25, -0.2) is 4.98 Å². The molecule has 1 aromatic carbocycles. The van der Waals surface area contributed by atoms with Crippen LogP contribution in [0.3, 0.4) is 0 Å². The van der Waals surface area contributed by atoms with Crippen molar-refractivity contribution in [3.63, 3.8) is 0 Å². The predicted octanol–water partition coefficient (Wildman–Crippen LogP) is 3.12. The van der Waals surface area contributed by atoms with Crippen LogP contribution in [-0.4, -0.2) is 4.98 Å². The lowest BCUT2D eigenvalue weighted by Gasteiger charge is -2.03. The highest BCUT2D eigenvalue weighted by molar-refractivity contribution is 7.99. The fraction of sp³-hybridized carbons (Fsp3) is 0.0833. The van der Waals surface area contributed by atoms with Crippen molar-refractivity contribution in [2.75, 3.05) is 5.73 Å². The summed E-state index contributed by atoms with van der Waals surface area (Å²) >= 11 is 1.64. The van der Waals surface area contributed by atoms with Gasteiger partial charge in [0.05, 0.1) is 0 Å². The van der Waals surface area contributed by atoms with Gasteiger partial charge >= 0.3 is 0 Å². The normalized spacial score (nSPS) is 10.2. The van der Waals surface area contributed by atoms with Crippen LogP contribution >= 0.6 is 11.8 Å². The molecule has 2 rings (SSSR count). The molecule has 1 aromatic heterocycles. The molecule has 0 aliphatic carbocycles. The van der Waals surface area contributed by atoms with E-state index in [4.69, 9.17) is 5.73 Å². The van der Waals surface area contributed by atoms with Gasteiger partial charge < -0.3 is 5.73 Å². The summed E-state index contributed by atoms with van der Waals surface area (Å²) in [6.07, 6.45) is 1.80.